The molecule has 0 fully saturated rings. The number of ether oxygens (including phenoxy) is 2. The Morgan fingerprint density at radius 1 is 1.27 bits per heavy atom. The second-order valence-electron chi connectivity index (χ2n) is 5.62. The first-order chi connectivity index (χ1) is 12.3. The van der Waals surface area contributed by atoms with Crippen molar-refractivity contribution in [3.63, 3.8) is 0 Å². The molecule has 9 heteroatoms. The van der Waals surface area contributed by atoms with E-state index in [0.29, 0.717) is 11.4 Å². The Hall–Kier alpha value is -2.29. The van der Waals surface area contributed by atoms with Crippen molar-refractivity contribution in [3.8, 4) is 11.5 Å². The van der Waals surface area contributed by atoms with Gasteiger partial charge in [0.1, 0.15) is 16.4 Å². The maximum Gasteiger partial charge on any atom is 0.269 e. The van der Waals surface area contributed by atoms with Crippen LogP contribution in [0.15, 0.2) is 47.4 Å². The van der Waals surface area contributed by atoms with Gasteiger partial charge in [0.25, 0.3) is 5.91 Å². The molecule has 0 bridgehead atoms. The molecule has 0 radical (unpaired) electrons. The smallest absolute Gasteiger partial charge is 0.269 e. The van der Waals surface area contributed by atoms with Gasteiger partial charge in [0.15, 0.2) is 6.10 Å². The first-order valence-electron chi connectivity index (χ1n) is 7.70. The molecule has 0 saturated heterocycles. The minimum atomic E-state index is -3.95. The predicted octanol–water partition coefficient (Wildman–Crippen LogP) is 2.05. The number of nitrogens with zero attached hydrogens (tertiary/aromatic N) is 1. The molecule has 3 rings (SSSR count). The number of methoxy groups -OCH3 is 1. The third-order valence-corrected chi connectivity index (χ3v) is 5.66. The summed E-state index contributed by atoms with van der Waals surface area (Å²) in [6.45, 7) is -0.227. The van der Waals surface area contributed by atoms with E-state index in [-0.39, 0.29) is 28.1 Å². The van der Waals surface area contributed by atoms with Crippen LogP contribution >= 0.6 is 11.6 Å². The fourth-order valence-corrected chi connectivity index (χ4v) is 4.09. The molecule has 1 amide bonds. The second-order valence-corrected chi connectivity index (χ2v) is 7.79. The summed E-state index contributed by atoms with van der Waals surface area (Å²) in [7, 11) is -0.974. The van der Waals surface area contributed by atoms with E-state index in [1.165, 1.54) is 30.2 Å². The molecule has 1 aliphatic heterocycles. The molecule has 0 aliphatic carbocycles. The van der Waals surface area contributed by atoms with Gasteiger partial charge in [0.05, 0.1) is 19.3 Å². The standard InChI is InChI=1S/C17H17ClN2O5S/c1-20-12-5-3-4-6-13(12)25-15(17(20)21)10-19-26(22,23)16-9-11(18)7-8-14(16)24-2/h3-9,15,19H,10H2,1-2H3. The molecule has 1 N–H and O–H groups in total. The molecule has 7 nitrogen and oxygen atoms in total. The number of hydrogen-bond donors (Lipinski definition) is 1. The van der Waals surface area contributed by atoms with Crippen LogP contribution in [0.5, 0.6) is 11.5 Å². The zero-order chi connectivity index (χ0) is 18.9. The van der Waals surface area contributed by atoms with Gasteiger partial charge in [-0.25, -0.2) is 13.1 Å². The van der Waals surface area contributed by atoms with E-state index in [9.17, 15) is 13.2 Å². The van der Waals surface area contributed by atoms with Gasteiger partial charge < -0.3 is 14.4 Å². The number of carbonyl (C=O) groups is 1. The molecule has 1 atom stereocenters. The summed E-state index contributed by atoms with van der Waals surface area (Å²) in [6, 6.07) is 11.3. The summed E-state index contributed by atoms with van der Waals surface area (Å²) in [5.74, 6) is 0.323. The van der Waals surface area contributed by atoms with Gasteiger partial charge in [-0.3, -0.25) is 4.79 Å². The van der Waals surface area contributed by atoms with E-state index in [1.807, 2.05) is 0 Å². The molecular weight excluding hydrogens is 380 g/mol. The first-order valence-corrected chi connectivity index (χ1v) is 9.56. The number of nitrogens with one attached hydrogen (secondary N) is 1. The lowest BCUT2D eigenvalue weighted by atomic mass is 10.2. The fraction of sp³-hybridized carbons (Fsp3) is 0.235. The minimum Gasteiger partial charge on any atom is -0.495 e. The van der Waals surface area contributed by atoms with E-state index >= 15 is 0 Å². The van der Waals surface area contributed by atoms with Crippen molar-refractivity contribution in [3.05, 3.63) is 47.5 Å². The van der Waals surface area contributed by atoms with E-state index < -0.39 is 16.1 Å². The Morgan fingerprint density at radius 3 is 2.73 bits per heavy atom. The molecule has 0 spiro atoms. The lowest BCUT2D eigenvalue weighted by Crippen LogP contribution is -2.49. The molecule has 1 heterocycles. The van der Waals surface area contributed by atoms with Gasteiger partial charge in [-0.1, -0.05) is 23.7 Å². The SMILES string of the molecule is COc1ccc(Cl)cc1S(=O)(=O)NCC1Oc2ccccc2N(C)C1=O. The van der Waals surface area contributed by atoms with Crippen molar-refractivity contribution in [1.82, 2.24) is 4.72 Å². The summed E-state index contributed by atoms with van der Waals surface area (Å²) in [4.78, 5) is 13.8. The van der Waals surface area contributed by atoms with Gasteiger partial charge in [0.2, 0.25) is 10.0 Å². The minimum absolute atomic E-state index is 0.107. The molecule has 26 heavy (non-hydrogen) atoms. The molecule has 0 saturated carbocycles. The van der Waals surface area contributed by atoms with E-state index in [4.69, 9.17) is 21.1 Å². The highest BCUT2D eigenvalue weighted by Gasteiger charge is 2.33. The van der Waals surface area contributed by atoms with Crippen LogP contribution in [0.4, 0.5) is 5.69 Å². The quantitative estimate of drug-likeness (QED) is 0.836. The lowest BCUT2D eigenvalue weighted by Gasteiger charge is -2.31. The van der Waals surface area contributed by atoms with Gasteiger partial charge in [-0.15, -0.1) is 0 Å². The zero-order valence-electron chi connectivity index (χ0n) is 14.1. The normalized spacial score (nSPS) is 16.8. The number of halogens is 1. The molecule has 0 aromatic heterocycles. The fourth-order valence-electron chi connectivity index (χ4n) is 2.62. The van der Waals surface area contributed by atoms with Crippen molar-refractivity contribution < 1.29 is 22.7 Å². The van der Waals surface area contributed by atoms with E-state index in [1.54, 1.807) is 31.3 Å². The van der Waals surface area contributed by atoms with E-state index in [0.717, 1.165) is 0 Å². The molecule has 2 aromatic rings. The third kappa shape index (κ3) is 3.48. The summed E-state index contributed by atoms with van der Waals surface area (Å²) in [5.41, 5.74) is 0.633. The predicted molar refractivity (Wildman–Crippen MR) is 97.5 cm³/mol. The largest absolute Gasteiger partial charge is 0.495 e. The Bertz CT molecular complexity index is 948. The first kappa shape index (κ1) is 18.5. The number of sulfonamides is 1. The summed E-state index contributed by atoms with van der Waals surface area (Å²) < 4.78 is 38.3. The van der Waals surface area contributed by atoms with Gasteiger partial charge >= 0.3 is 0 Å². The van der Waals surface area contributed by atoms with Crippen LogP contribution in [-0.2, 0) is 14.8 Å². The number of amides is 1. The topological polar surface area (TPSA) is 84.9 Å². The molecule has 1 aliphatic rings. The van der Waals surface area contributed by atoms with E-state index in [2.05, 4.69) is 4.72 Å². The average Bonchev–Trinajstić information content (AvgIpc) is 2.63. The summed E-state index contributed by atoms with van der Waals surface area (Å²) in [5, 5.41) is 0.254. The third-order valence-electron chi connectivity index (χ3n) is 3.98. The van der Waals surface area contributed by atoms with Gasteiger partial charge in [0, 0.05) is 12.1 Å². The zero-order valence-corrected chi connectivity index (χ0v) is 15.7. The van der Waals surface area contributed by atoms with Crippen molar-refractivity contribution >= 4 is 33.2 Å². The van der Waals surface area contributed by atoms with Crippen LogP contribution in [-0.4, -0.2) is 41.1 Å². The van der Waals surface area contributed by atoms with Crippen molar-refractivity contribution in [2.24, 2.45) is 0 Å². The van der Waals surface area contributed by atoms with Crippen molar-refractivity contribution in [1.29, 1.82) is 0 Å². The van der Waals surface area contributed by atoms with Crippen LogP contribution in [0.2, 0.25) is 5.02 Å². The van der Waals surface area contributed by atoms with Crippen LogP contribution in [0.1, 0.15) is 0 Å². The number of carbonyl (C=O) groups excluding carboxylic acids is 1. The highest BCUT2D eigenvalue weighted by atomic mass is 35.5. The summed E-state index contributed by atoms with van der Waals surface area (Å²) in [6.07, 6.45) is -0.977. The Labute approximate surface area is 156 Å². The summed E-state index contributed by atoms with van der Waals surface area (Å²) >= 11 is 5.89. The number of anilines is 1. The Balaban J connectivity index is 1.81. The second kappa shape index (κ2) is 7.14. The molecular formula is C17H17ClN2O5S. The van der Waals surface area contributed by atoms with Crippen molar-refractivity contribution in [2.45, 2.75) is 11.0 Å². The number of fused-ring (bicyclic) bond motifs is 1. The Morgan fingerprint density at radius 2 is 2.00 bits per heavy atom. The van der Waals surface area contributed by atoms with Crippen molar-refractivity contribution in [2.75, 3.05) is 25.6 Å². The van der Waals surface area contributed by atoms with Crippen LogP contribution in [0, 0.1) is 0 Å². The number of hydrogen-bond acceptors (Lipinski definition) is 5. The van der Waals surface area contributed by atoms with Gasteiger partial charge in [-0.2, -0.15) is 0 Å². The van der Waals surface area contributed by atoms with Crippen LogP contribution in [0.25, 0.3) is 0 Å². The van der Waals surface area contributed by atoms with Crippen LogP contribution in [0.3, 0.4) is 0 Å². The molecule has 138 valence electrons. The number of para-hydroxylation sites is 2. The molecule has 1 unspecified atom stereocenters. The number of rotatable bonds is 5. The van der Waals surface area contributed by atoms with Gasteiger partial charge in [-0.05, 0) is 30.3 Å². The lowest BCUT2D eigenvalue weighted by molar-refractivity contribution is -0.125. The maximum absolute atomic E-state index is 12.6. The maximum atomic E-state index is 12.6. The highest BCUT2D eigenvalue weighted by molar-refractivity contribution is 7.89. The van der Waals surface area contributed by atoms with Crippen LogP contribution < -0.4 is 19.1 Å². The molecule has 2 aromatic carbocycles. The number of benzene rings is 2. The average molecular weight is 397 g/mol. The number of likely N-dealkylation sites (N-methyl/N-ethyl adjacent to an activating group) is 1. The monoisotopic (exact) mass is 396 g/mol. The Kier molecular flexibility index (Phi) is 5.08. The highest BCUT2D eigenvalue weighted by Crippen LogP contribution is 2.32.